The van der Waals surface area contributed by atoms with Gasteiger partial charge in [-0.1, -0.05) is 13.3 Å². The molecule has 0 radical (unpaired) electrons. The van der Waals surface area contributed by atoms with Gasteiger partial charge in [0.2, 0.25) is 0 Å². The molecule has 0 saturated carbocycles. The number of rotatable bonds is 5. The van der Waals surface area contributed by atoms with E-state index >= 15 is 0 Å². The number of nitrogens with zero attached hydrogens (tertiary/aromatic N) is 1. The molecule has 1 saturated heterocycles. The van der Waals surface area contributed by atoms with Gasteiger partial charge in [0, 0.05) is 13.1 Å². The van der Waals surface area contributed by atoms with Crippen molar-refractivity contribution in [3.05, 3.63) is 0 Å². The van der Waals surface area contributed by atoms with Crippen LogP contribution < -0.4 is 0 Å². The molecule has 3 nitrogen and oxygen atoms in total. The maximum Gasteiger partial charge on any atom is 0.156 e. The van der Waals surface area contributed by atoms with Crippen LogP contribution in [0.3, 0.4) is 0 Å². The number of aliphatic hydroxyl groups is 1. The van der Waals surface area contributed by atoms with Gasteiger partial charge in [-0.15, -0.1) is 0 Å². The summed E-state index contributed by atoms with van der Waals surface area (Å²) in [5.41, 5.74) is 0. The first kappa shape index (κ1) is 9.96. The molecule has 0 aromatic carbocycles. The monoisotopic (exact) mass is 173 g/mol. The molecule has 12 heavy (non-hydrogen) atoms. The van der Waals surface area contributed by atoms with Gasteiger partial charge in [-0.25, -0.2) is 0 Å². The van der Waals surface area contributed by atoms with E-state index in [9.17, 15) is 5.11 Å². The SMILES string of the molecule is CCCC(O)OCN1CCCC1. The van der Waals surface area contributed by atoms with Crippen molar-refractivity contribution in [2.75, 3.05) is 19.8 Å². The van der Waals surface area contributed by atoms with E-state index in [0.29, 0.717) is 6.73 Å². The third kappa shape index (κ3) is 3.52. The van der Waals surface area contributed by atoms with E-state index in [1.807, 2.05) is 6.92 Å². The molecule has 1 fully saturated rings. The molecule has 1 aliphatic rings. The summed E-state index contributed by atoms with van der Waals surface area (Å²) in [5.74, 6) is 0. The second kappa shape index (κ2) is 5.51. The van der Waals surface area contributed by atoms with Crippen LogP contribution in [-0.2, 0) is 4.74 Å². The Labute approximate surface area is 74.3 Å². The minimum Gasteiger partial charge on any atom is -0.368 e. The third-order valence-corrected chi connectivity index (χ3v) is 2.18. The van der Waals surface area contributed by atoms with Crippen molar-refractivity contribution in [3.63, 3.8) is 0 Å². The molecule has 1 heterocycles. The summed E-state index contributed by atoms with van der Waals surface area (Å²) in [4.78, 5) is 2.24. The molecule has 0 aromatic rings. The molecule has 1 unspecified atom stereocenters. The molecular weight excluding hydrogens is 154 g/mol. The first-order valence-electron chi connectivity index (χ1n) is 4.85. The fourth-order valence-corrected chi connectivity index (χ4v) is 1.43. The number of hydrogen-bond acceptors (Lipinski definition) is 3. The smallest absolute Gasteiger partial charge is 0.156 e. The van der Waals surface area contributed by atoms with Crippen LogP contribution in [0.15, 0.2) is 0 Å². The van der Waals surface area contributed by atoms with Crippen LogP contribution in [-0.4, -0.2) is 36.1 Å². The summed E-state index contributed by atoms with van der Waals surface area (Å²) in [6, 6.07) is 0. The number of ether oxygens (including phenoxy) is 1. The molecule has 0 aliphatic carbocycles. The van der Waals surface area contributed by atoms with Gasteiger partial charge in [0.1, 0.15) is 6.73 Å². The van der Waals surface area contributed by atoms with Gasteiger partial charge in [-0.05, 0) is 19.3 Å². The topological polar surface area (TPSA) is 32.7 Å². The minimum atomic E-state index is -0.560. The van der Waals surface area contributed by atoms with Gasteiger partial charge in [0.05, 0.1) is 0 Å². The predicted octanol–water partition coefficient (Wildman–Crippen LogP) is 1.17. The lowest BCUT2D eigenvalue weighted by atomic mass is 10.3. The Bertz CT molecular complexity index is 113. The lowest BCUT2D eigenvalue weighted by molar-refractivity contribution is -0.133. The second-order valence-corrected chi connectivity index (χ2v) is 3.36. The Morgan fingerprint density at radius 3 is 2.67 bits per heavy atom. The Morgan fingerprint density at radius 2 is 2.08 bits per heavy atom. The van der Waals surface area contributed by atoms with Gasteiger partial charge in [0.25, 0.3) is 0 Å². The third-order valence-electron chi connectivity index (χ3n) is 2.18. The lowest BCUT2D eigenvalue weighted by Crippen LogP contribution is -2.26. The van der Waals surface area contributed by atoms with Crippen molar-refractivity contribution in [1.82, 2.24) is 4.90 Å². The summed E-state index contributed by atoms with van der Waals surface area (Å²) in [6.07, 6.45) is 3.70. The zero-order valence-electron chi connectivity index (χ0n) is 7.83. The molecule has 1 N–H and O–H groups in total. The van der Waals surface area contributed by atoms with Crippen molar-refractivity contribution in [3.8, 4) is 0 Å². The van der Waals surface area contributed by atoms with Crippen molar-refractivity contribution in [2.45, 2.75) is 38.9 Å². The highest BCUT2D eigenvalue weighted by molar-refractivity contribution is 4.62. The summed E-state index contributed by atoms with van der Waals surface area (Å²) >= 11 is 0. The first-order chi connectivity index (χ1) is 5.83. The standard InChI is InChI=1S/C9H19NO2/c1-2-5-9(11)12-8-10-6-3-4-7-10/h9,11H,2-8H2,1H3. The van der Waals surface area contributed by atoms with E-state index in [1.165, 1.54) is 12.8 Å². The highest BCUT2D eigenvalue weighted by atomic mass is 16.6. The Balaban J connectivity index is 1.99. The summed E-state index contributed by atoms with van der Waals surface area (Å²) in [7, 11) is 0. The normalized spacial score (nSPS) is 21.5. The molecule has 1 rings (SSSR count). The van der Waals surface area contributed by atoms with Gasteiger partial charge in [0.15, 0.2) is 6.29 Å². The Morgan fingerprint density at radius 1 is 1.42 bits per heavy atom. The molecule has 0 spiro atoms. The molecule has 1 aliphatic heterocycles. The van der Waals surface area contributed by atoms with E-state index in [2.05, 4.69) is 4.90 Å². The molecule has 0 amide bonds. The summed E-state index contributed by atoms with van der Waals surface area (Å²) in [6.45, 7) is 4.89. The van der Waals surface area contributed by atoms with Crippen molar-refractivity contribution >= 4 is 0 Å². The quantitative estimate of drug-likeness (QED) is 0.634. The highest BCUT2D eigenvalue weighted by Gasteiger charge is 2.12. The maximum absolute atomic E-state index is 9.26. The number of aliphatic hydroxyl groups excluding tert-OH is 1. The van der Waals surface area contributed by atoms with E-state index in [-0.39, 0.29) is 0 Å². The van der Waals surface area contributed by atoms with Crippen LogP contribution in [0.25, 0.3) is 0 Å². The van der Waals surface area contributed by atoms with Crippen molar-refractivity contribution in [1.29, 1.82) is 0 Å². The van der Waals surface area contributed by atoms with E-state index in [1.54, 1.807) is 0 Å². The number of likely N-dealkylation sites (tertiary alicyclic amines) is 1. The molecule has 3 heteroatoms. The largest absolute Gasteiger partial charge is 0.368 e. The first-order valence-corrected chi connectivity index (χ1v) is 4.85. The van der Waals surface area contributed by atoms with Gasteiger partial charge in [-0.2, -0.15) is 0 Å². The lowest BCUT2D eigenvalue weighted by Gasteiger charge is -2.17. The van der Waals surface area contributed by atoms with Crippen LogP contribution >= 0.6 is 0 Å². The number of hydrogen-bond donors (Lipinski definition) is 1. The average molecular weight is 173 g/mol. The Hall–Kier alpha value is -0.120. The van der Waals surface area contributed by atoms with Crippen LogP contribution in [0.5, 0.6) is 0 Å². The zero-order valence-corrected chi connectivity index (χ0v) is 7.83. The molecule has 1 atom stereocenters. The minimum absolute atomic E-state index is 0.560. The van der Waals surface area contributed by atoms with Gasteiger partial charge < -0.3 is 9.84 Å². The molecule has 0 bridgehead atoms. The summed E-state index contributed by atoms with van der Waals surface area (Å²) in [5, 5.41) is 9.26. The van der Waals surface area contributed by atoms with Crippen molar-refractivity contribution < 1.29 is 9.84 Å². The van der Waals surface area contributed by atoms with Gasteiger partial charge in [-0.3, -0.25) is 4.90 Å². The summed E-state index contributed by atoms with van der Waals surface area (Å²) < 4.78 is 5.25. The Kier molecular flexibility index (Phi) is 4.58. The van der Waals surface area contributed by atoms with Crippen LogP contribution in [0, 0.1) is 0 Å². The zero-order chi connectivity index (χ0) is 8.81. The van der Waals surface area contributed by atoms with Crippen molar-refractivity contribution in [2.24, 2.45) is 0 Å². The van der Waals surface area contributed by atoms with Crippen LogP contribution in [0.2, 0.25) is 0 Å². The van der Waals surface area contributed by atoms with Crippen LogP contribution in [0.4, 0.5) is 0 Å². The highest BCUT2D eigenvalue weighted by Crippen LogP contribution is 2.08. The fourth-order valence-electron chi connectivity index (χ4n) is 1.43. The van der Waals surface area contributed by atoms with E-state index < -0.39 is 6.29 Å². The predicted molar refractivity (Wildman–Crippen MR) is 47.7 cm³/mol. The molecular formula is C9H19NO2. The van der Waals surface area contributed by atoms with E-state index in [4.69, 9.17) is 4.74 Å². The molecule has 0 aromatic heterocycles. The average Bonchev–Trinajstić information content (AvgIpc) is 2.53. The molecule has 72 valence electrons. The van der Waals surface area contributed by atoms with E-state index in [0.717, 1.165) is 25.9 Å². The second-order valence-electron chi connectivity index (χ2n) is 3.36. The maximum atomic E-state index is 9.26. The fraction of sp³-hybridized carbons (Fsp3) is 1.00. The van der Waals surface area contributed by atoms with Gasteiger partial charge >= 0.3 is 0 Å². The van der Waals surface area contributed by atoms with Crippen LogP contribution in [0.1, 0.15) is 32.6 Å².